The van der Waals surface area contributed by atoms with Gasteiger partial charge in [0.05, 0.1) is 0 Å². The van der Waals surface area contributed by atoms with Crippen LogP contribution in [0.1, 0.15) is 41.1 Å². The lowest BCUT2D eigenvalue weighted by Crippen LogP contribution is -2.44. The average molecular weight is 328 g/mol. The Bertz CT molecular complexity index is 580. The molecule has 4 fully saturated rings. The molecule has 2 bridgehead atoms. The van der Waals surface area contributed by atoms with Gasteiger partial charge < -0.3 is 20.9 Å². The molecule has 4 aliphatic heterocycles. The van der Waals surface area contributed by atoms with E-state index in [1.165, 1.54) is 5.56 Å². The summed E-state index contributed by atoms with van der Waals surface area (Å²) in [7, 11) is 0. The summed E-state index contributed by atoms with van der Waals surface area (Å²) in [6, 6.07) is 8.82. The molecule has 1 aromatic rings. The van der Waals surface area contributed by atoms with E-state index in [4.69, 9.17) is 5.73 Å². The summed E-state index contributed by atoms with van der Waals surface area (Å²) in [5, 5.41) is 3.34. The van der Waals surface area contributed by atoms with Crippen molar-refractivity contribution in [1.29, 1.82) is 0 Å². The highest BCUT2D eigenvalue weighted by Gasteiger charge is 2.32. The monoisotopic (exact) mass is 328 g/mol. The quantitative estimate of drug-likeness (QED) is 0.851. The van der Waals surface area contributed by atoms with Gasteiger partial charge in [0.2, 0.25) is 0 Å². The number of amides is 1. The molecular weight excluding hydrogens is 300 g/mol. The first kappa shape index (κ1) is 16.1. The second kappa shape index (κ2) is 6.82. The number of hydrogen-bond acceptors (Lipinski definition) is 4. The van der Waals surface area contributed by atoms with E-state index in [0.29, 0.717) is 12.0 Å². The molecule has 24 heavy (non-hydrogen) atoms. The summed E-state index contributed by atoms with van der Waals surface area (Å²) in [4.78, 5) is 17.6. The Kier molecular flexibility index (Phi) is 4.57. The van der Waals surface area contributed by atoms with E-state index >= 15 is 0 Å². The van der Waals surface area contributed by atoms with Crippen molar-refractivity contribution in [1.82, 2.24) is 15.1 Å². The number of nitrogens with one attached hydrogen (secondary N) is 1. The molecule has 3 N–H and O–H groups in total. The fourth-order valence-corrected chi connectivity index (χ4v) is 4.49. The van der Waals surface area contributed by atoms with Crippen LogP contribution >= 0.6 is 0 Å². The summed E-state index contributed by atoms with van der Waals surface area (Å²) in [5.74, 6) is 0.599. The van der Waals surface area contributed by atoms with Crippen LogP contribution in [0, 0.1) is 0 Å². The number of nitrogens with two attached hydrogens (primary N) is 1. The number of rotatable bonds is 2. The van der Waals surface area contributed by atoms with Crippen molar-refractivity contribution < 1.29 is 4.79 Å². The predicted molar refractivity (Wildman–Crippen MR) is 95.1 cm³/mol. The van der Waals surface area contributed by atoms with Crippen molar-refractivity contribution in [3.63, 3.8) is 0 Å². The van der Waals surface area contributed by atoms with Crippen LogP contribution in [0.2, 0.25) is 0 Å². The fourth-order valence-electron chi connectivity index (χ4n) is 4.49. The molecule has 0 aromatic heterocycles. The van der Waals surface area contributed by atoms with Crippen LogP contribution in [0.3, 0.4) is 0 Å². The molecule has 1 aromatic carbocycles. The first-order valence-electron chi connectivity index (χ1n) is 9.32. The molecule has 2 atom stereocenters. The minimum Gasteiger partial charge on any atom is -0.334 e. The van der Waals surface area contributed by atoms with Gasteiger partial charge in [0.1, 0.15) is 0 Å². The maximum atomic E-state index is 13.0. The Morgan fingerprint density at radius 2 is 1.79 bits per heavy atom. The van der Waals surface area contributed by atoms with Crippen LogP contribution in [0.25, 0.3) is 0 Å². The zero-order valence-corrected chi connectivity index (χ0v) is 14.3. The van der Waals surface area contributed by atoms with E-state index in [0.717, 1.165) is 64.1 Å². The van der Waals surface area contributed by atoms with Crippen molar-refractivity contribution >= 4 is 5.91 Å². The maximum absolute atomic E-state index is 13.0. The number of nitrogens with zero attached hydrogens (tertiary/aromatic N) is 2. The molecule has 0 radical (unpaired) electrons. The lowest BCUT2D eigenvalue weighted by atomic mass is 9.86. The van der Waals surface area contributed by atoms with Gasteiger partial charge in [-0.2, -0.15) is 0 Å². The second-order valence-corrected chi connectivity index (χ2v) is 7.46. The summed E-state index contributed by atoms with van der Waals surface area (Å²) in [6.45, 7) is 6.05. The number of benzene rings is 1. The number of carbonyl (C=O) groups excluding carboxylic acids is 1. The standard InChI is InChI=1S/C19H28N4O/c20-18-13-21-8-5-17(18)14-1-3-15(4-2-14)19(24)23-12-11-22-9-6-16(23)7-10-22/h1-4,16-18,21H,5-13,20H2. The van der Waals surface area contributed by atoms with Crippen LogP contribution in [-0.4, -0.2) is 67.1 Å². The number of hydrogen-bond donors (Lipinski definition) is 2. The third-order valence-corrected chi connectivity index (χ3v) is 6.03. The van der Waals surface area contributed by atoms with Gasteiger partial charge in [-0.15, -0.1) is 0 Å². The molecule has 1 amide bonds. The summed E-state index contributed by atoms with van der Waals surface area (Å²) in [5.41, 5.74) is 8.33. The predicted octanol–water partition coefficient (Wildman–Crippen LogP) is 1.01. The Hall–Kier alpha value is -1.43. The lowest BCUT2D eigenvalue weighted by molar-refractivity contribution is 0.0685. The average Bonchev–Trinajstić information content (AvgIpc) is 2.96. The van der Waals surface area contributed by atoms with E-state index in [1.54, 1.807) is 0 Å². The molecule has 0 aliphatic carbocycles. The van der Waals surface area contributed by atoms with Gasteiger partial charge in [-0.25, -0.2) is 0 Å². The van der Waals surface area contributed by atoms with E-state index in [1.807, 2.05) is 12.1 Å². The Morgan fingerprint density at radius 3 is 2.50 bits per heavy atom. The molecule has 0 spiro atoms. The van der Waals surface area contributed by atoms with Gasteiger partial charge in [-0.1, -0.05) is 12.1 Å². The van der Waals surface area contributed by atoms with Crippen molar-refractivity contribution in [2.45, 2.75) is 37.3 Å². The van der Waals surface area contributed by atoms with Crippen molar-refractivity contribution in [2.75, 3.05) is 39.3 Å². The molecule has 0 saturated carbocycles. The van der Waals surface area contributed by atoms with E-state index in [-0.39, 0.29) is 11.9 Å². The zero-order valence-electron chi connectivity index (χ0n) is 14.3. The number of carbonyl (C=O) groups is 1. The normalized spacial score (nSPS) is 33.3. The zero-order chi connectivity index (χ0) is 16.5. The Morgan fingerprint density at radius 1 is 1.04 bits per heavy atom. The highest BCUT2D eigenvalue weighted by atomic mass is 16.2. The molecule has 5 heteroatoms. The van der Waals surface area contributed by atoms with E-state index in [2.05, 4.69) is 27.2 Å². The summed E-state index contributed by atoms with van der Waals surface area (Å²) < 4.78 is 0. The van der Waals surface area contributed by atoms with Crippen LogP contribution in [0.15, 0.2) is 24.3 Å². The molecular formula is C19H28N4O. The third-order valence-electron chi connectivity index (χ3n) is 6.03. The van der Waals surface area contributed by atoms with E-state index in [9.17, 15) is 4.79 Å². The van der Waals surface area contributed by atoms with Gasteiger partial charge in [-0.05, 0) is 43.5 Å². The minimum atomic E-state index is 0.162. The second-order valence-electron chi connectivity index (χ2n) is 7.46. The lowest BCUT2D eigenvalue weighted by Gasteiger charge is -2.32. The third kappa shape index (κ3) is 3.08. The summed E-state index contributed by atoms with van der Waals surface area (Å²) in [6.07, 6.45) is 3.31. The molecule has 4 saturated heterocycles. The van der Waals surface area contributed by atoms with Crippen LogP contribution in [0.5, 0.6) is 0 Å². The minimum absolute atomic E-state index is 0.162. The Balaban J connectivity index is 1.49. The first-order valence-corrected chi connectivity index (χ1v) is 9.32. The number of fused-ring (bicyclic) bond motifs is 4. The fraction of sp³-hybridized carbons (Fsp3) is 0.632. The topological polar surface area (TPSA) is 61.6 Å². The van der Waals surface area contributed by atoms with Crippen molar-refractivity contribution in [3.8, 4) is 0 Å². The molecule has 4 aliphatic rings. The molecule has 130 valence electrons. The molecule has 2 unspecified atom stereocenters. The van der Waals surface area contributed by atoms with Gasteiger partial charge in [0.15, 0.2) is 0 Å². The van der Waals surface area contributed by atoms with Crippen LogP contribution < -0.4 is 11.1 Å². The SMILES string of the molecule is NC1CNCCC1c1ccc(C(=O)N2CCN3CCC2CC3)cc1. The smallest absolute Gasteiger partial charge is 0.254 e. The highest BCUT2D eigenvalue weighted by Crippen LogP contribution is 2.26. The van der Waals surface area contributed by atoms with Crippen molar-refractivity contribution in [3.05, 3.63) is 35.4 Å². The molecule has 5 nitrogen and oxygen atoms in total. The van der Waals surface area contributed by atoms with Crippen LogP contribution in [0.4, 0.5) is 0 Å². The van der Waals surface area contributed by atoms with Gasteiger partial charge >= 0.3 is 0 Å². The molecule has 5 rings (SSSR count). The van der Waals surface area contributed by atoms with Crippen LogP contribution in [-0.2, 0) is 0 Å². The van der Waals surface area contributed by atoms with Gasteiger partial charge in [-0.3, -0.25) is 4.79 Å². The van der Waals surface area contributed by atoms with Crippen molar-refractivity contribution in [2.24, 2.45) is 5.73 Å². The van der Waals surface area contributed by atoms with Gasteiger partial charge in [0.25, 0.3) is 5.91 Å². The van der Waals surface area contributed by atoms with E-state index < -0.39 is 0 Å². The summed E-state index contributed by atoms with van der Waals surface area (Å²) >= 11 is 0. The first-order chi connectivity index (χ1) is 11.7. The molecule has 4 heterocycles. The Labute approximate surface area is 144 Å². The van der Waals surface area contributed by atoms with Gasteiger partial charge in [0, 0.05) is 56.3 Å². The highest BCUT2D eigenvalue weighted by molar-refractivity contribution is 5.94. The number of piperidine rings is 2. The maximum Gasteiger partial charge on any atom is 0.254 e. The largest absolute Gasteiger partial charge is 0.334 e.